The van der Waals surface area contributed by atoms with Crippen LogP contribution in [0.1, 0.15) is 30.9 Å². The maximum Gasteiger partial charge on any atom is 0.225 e. The van der Waals surface area contributed by atoms with Crippen LogP contribution >= 0.6 is 0 Å². The Bertz CT molecular complexity index is 980. The number of fused-ring (bicyclic) bond motifs is 1. The topological polar surface area (TPSA) is 70.2 Å². The number of nitrogens with zero attached hydrogens (tertiary/aromatic N) is 2. The number of piperidine rings is 1. The van der Waals surface area contributed by atoms with E-state index in [9.17, 15) is 4.79 Å². The number of anilines is 1. The Morgan fingerprint density at radius 2 is 2.10 bits per heavy atom. The summed E-state index contributed by atoms with van der Waals surface area (Å²) in [4.78, 5) is 23.1. The summed E-state index contributed by atoms with van der Waals surface area (Å²) in [5.74, 6) is 1.79. The summed E-state index contributed by atoms with van der Waals surface area (Å²) in [5, 5.41) is 3.09. The van der Waals surface area contributed by atoms with Crippen LogP contribution in [-0.2, 0) is 11.3 Å². The van der Waals surface area contributed by atoms with Gasteiger partial charge in [-0.3, -0.25) is 4.79 Å². The van der Waals surface area contributed by atoms with Crippen molar-refractivity contribution in [3.63, 3.8) is 0 Å². The lowest BCUT2D eigenvalue weighted by Crippen LogP contribution is -2.43. The first-order valence-corrected chi connectivity index (χ1v) is 10.3. The third-order valence-corrected chi connectivity index (χ3v) is 5.42. The number of ether oxygens (including phenoxy) is 1. The van der Waals surface area contributed by atoms with Gasteiger partial charge in [0.15, 0.2) is 0 Å². The van der Waals surface area contributed by atoms with Gasteiger partial charge in [0.05, 0.1) is 23.6 Å². The number of amides is 1. The molecule has 1 aromatic heterocycles. The fourth-order valence-electron chi connectivity index (χ4n) is 3.85. The Labute approximate surface area is 171 Å². The number of aromatic amines is 1. The number of hydrogen-bond acceptors (Lipinski definition) is 4. The second kappa shape index (κ2) is 8.55. The molecule has 6 nitrogen and oxygen atoms in total. The predicted molar refractivity (Wildman–Crippen MR) is 115 cm³/mol. The van der Waals surface area contributed by atoms with Gasteiger partial charge in [0.1, 0.15) is 5.75 Å². The molecule has 4 rings (SSSR count). The van der Waals surface area contributed by atoms with Crippen LogP contribution in [0, 0.1) is 12.8 Å². The van der Waals surface area contributed by atoms with Gasteiger partial charge in [0.2, 0.25) is 11.9 Å². The third kappa shape index (κ3) is 4.53. The van der Waals surface area contributed by atoms with Gasteiger partial charge in [-0.2, -0.15) is 0 Å². The van der Waals surface area contributed by atoms with Gasteiger partial charge < -0.3 is 19.9 Å². The lowest BCUT2D eigenvalue weighted by atomic mass is 9.97. The molecule has 1 aliphatic heterocycles. The molecule has 0 saturated carbocycles. The highest BCUT2D eigenvalue weighted by Gasteiger charge is 2.27. The molecule has 3 aromatic rings. The van der Waals surface area contributed by atoms with Crippen molar-refractivity contribution in [3.8, 4) is 5.75 Å². The van der Waals surface area contributed by atoms with Gasteiger partial charge >= 0.3 is 0 Å². The summed E-state index contributed by atoms with van der Waals surface area (Å²) in [5.41, 5.74) is 4.29. The van der Waals surface area contributed by atoms with E-state index in [1.165, 1.54) is 5.56 Å². The van der Waals surface area contributed by atoms with E-state index < -0.39 is 0 Å². The minimum absolute atomic E-state index is 0.0265. The number of aryl methyl sites for hydroxylation is 1. The van der Waals surface area contributed by atoms with Crippen molar-refractivity contribution in [2.45, 2.75) is 33.2 Å². The second-order valence-electron chi connectivity index (χ2n) is 7.66. The number of rotatable bonds is 6. The van der Waals surface area contributed by atoms with E-state index in [1.54, 1.807) is 0 Å². The summed E-state index contributed by atoms with van der Waals surface area (Å²) < 4.78 is 5.46. The van der Waals surface area contributed by atoms with Crippen LogP contribution in [0.2, 0.25) is 0 Å². The van der Waals surface area contributed by atoms with E-state index in [0.29, 0.717) is 19.7 Å². The highest BCUT2D eigenvalue weighted by atomic mass is 16.5. The number of hydrogen-bond donors (Lipinski definition) is 2. The molecule has 0 spiro atoms. The first-order chi connectivity index (χ1) is 14.1. The Balaban J connectivity index is 1.36. The van der Waals surface area contributed by atoms with Gasteiger partial charge in [0, 0.05) is 19.6 Å². The SMILES string of the molecule is CCOc1ccc(CNC(=O)[C@H]2CCCN(c3nc4ccc(C)cc4[nH]3)C2)cc1. The minimum atomic E-state index is -0.0265. The Kier molecular flexibility index (Phi) is 5.69. The van der Waals surface area contributed by atoms with Crippen LogP contribution in [0.15, 0.2) is 42.5 Å². The van der Waals surface area contributed by atoms with Gasteiger partial charge in [-0.1, -0.05) is 18.2 Å². The van der Waals surface area contributed by atoms with Crippen molar-refractivity contribution >= 4 is 22.9 Å². The van der Waals surface area contributed by atoms with E-state index in [0.717, 1.165) is 47.7 Å². The highest BCUT2D eigenvalue weighted by Crippen LogP contribution is 2.24. The van der Waals surface area contributed by atoms with Crippen molar-refractivity contribution in [1.82, 2.24) is 15.3 Å². The average Bonchev–Trinajstić information content (AvgIpc) is 3.16. The lowest BCUT2D eigenvalue weighted by Gasteiger charge is -2.31. The molecule has 0 aliphatic carbocycles. The zero-order valence-electron chi connectivity index (χ0n) is 17.1. The van der Waals surface area contributed by atoms with E-state index in [-0.39, 0.29) is 11.8 Å². The van der Waals surface area contributed by atoms with Crippen molar-refractivity contribution in [3.05, 3.63) is 53.6 Å². The van der Waals surface area contributed by atoms with Crippen molar-refractivity contribution in [2.75, 3.05) is 24.6 Å². The van der Waals surface area contributed by atoms with Gasteiger partial charge in [-0.25, -0.2) is 4.98 Å². The summed E-state index contributed by atoms with van der Waals surface area (Å²) in [6.45, 7) is 6.83. The van der Waals surface area contributed by atoms with Crippen molar-refractivity contribution in [2.24, 2.45) is 5.92 Å². The fourth-order valence-corrected chi connectivity index (χ4v) is 3.85. The molecule has 1 fully saturated rings. The van der Waals surface area contributed by atoms with E-state index in [4.69, 9.17) is 9.72 Å². The highest BCUT2D eigenvalue weighted by molar-refractivity contribution is 5.80. The average molecular weight is 393 g/mol. The number of carbonyl (C=O) groups is 1. The number of benzene rings is 2. The summed E-state index contributed by atoms with van der Waals surface area (Å²) in [6, 6.07) is 14.1. The Hall–Kier alpha value is -3.02. The number of carbonyl (C=O) groups excluding carboxylic acids is 1. The maximum absolute atomic E-state index is 12.7. The van der Waals surface area contributed by atoms with E-state index in [1.807, 2.05) is 37.3 Å². The number of aromatic nitrogens is 2. The smallest absolute Gasteiger partial charge is 0.225 e. The molecule has 1 amide bonds. The summed E-state index contributed by atoms with van der Waals surface area (Å²) in [7, 11) is 0. The van der Waals surface area contributed by atoms with Gasteiger partial charge in [0.25, 0.3) is 0 Å². The van der Waals surface area contributed by atoms with Gasteiger partial charge in [-0.05, 0) is 62.1 Å². The standard InChI is InChI=1S/C23H28N4O2/c1-3-29-19-9-7-17(8-10-19)14-24-22(28)18-5-4-12-27(15-18)23-25-20-11-6-16(2)13-21(20)26-23/h6-11,13,18H,3-5,12,14-15H2,1-2H3,(H,24,28)(H,25,26)/t18-/m0/s1. The first-order valence-electron chi connectivity index (χ1n) is 10.3. The number of H-pyrrole nitrogens is 1. The fraction of sp³-hybridized carbons (Fsp3) is 0.391. The third-order valence-electron chi connectivity index (χ3n) is 5.42. The molecule has 1 saturated heterocycles. The minimum Gasteiger partial charge on any atom is -0.494 e. The van der Waals surface area contributed by atoms with Crippen LogP contribution in [0.5, 0.6) is 5.75 Å². The molecule has 2 N–H and O–H groups in total. The molecule has 0 bridgehead atoms. The quantitative estimate of drug-likeness (QED) is 0.669. The second-order valence-corrected chi connectivity index (χ2v) is 7.66. The van der Waals surface area contributed by atoms with Crippen molar-refractivity contribution in [1.29, 1.82) is 0 Å². The molecule has 6 heteroatoms. The molecular formula is C23H28N4O2. The maximum atomic E-state index is 12.7. The monoisotopic (exact) mass is 392 g/mol. The zero-order chi connectivity index (χ0) is 20.2. The Morgan fingerprint density at radius 1 is 1.28 bits per heavy atom. The zero-order valence-corrected chi connectivity index (χ0v) is 17.1. The van der Waals surface area contributed by atoms with Crippen LogP contribution in [0.3, 0.4) is 0 Å². The molecule has 0 unspecified atom stereocenters. The van der Waals surface area contributed by atoms with Crippen LogP contribution in [0.25, 0.3) is 11.0 Å². The normalized spacial score (nSPS) is 16.8. The molecule has 29 heavy (non-hydrogen) atoms. The summed E-state index contributed by atoms with van der Waals surface area (Å²) >= 11 is 0. The molecule has 2 aromatic carbocycles. The lowest BCUT2D eigenvalue weighted by molar-refractivity contribution is -0.125. The van der Waals surface area contributed by atoms with E-state index in [2.05, 4.69) is 34.3 Å². The molecular weight excluding hydrogens is 364 g/mol. The number of imidazole rings is 1. The molecule has 1 aliphatic rings. The predicted octanol–water partition coefficient (Wildman–Crippen LogP) is 3.80. The van der Waals surface area contributed by atoms with Crippen LogP contribution < -0.4 is 15.0 Å². The number of nitrogens with one attached hydrogen (secondary N) is 2. The summed E-state index contributed by atoms with van der Waals surface area (Å²) in [6.07, 6.45) is 1.89. The van der Waals surface area contributed by atoms with Crippen molar-refractivity contribution < 1.29 is 9.53 Å². The first kappa shape index (κ1) is 19.3. The Morgan fingerprint density at radius 3 is 2.90 bits per heavy atom. The van der Waals surface area contributed by atoms with Gasteiger partial charge in [-0.15, -0.1) is 0 Å². The van der Waals surface area contributed by atoms with Crippen LogP contribution in [0.4, 0.5) is 5.95 Å². The van der Waals surface area contributed by atoms with E-state index >= 15 is 0 Å². The molecule has 1 atom stereocenters. The molecule has 0 radical (unpaired) electrons. The molecule has 152 valence electrons. The molecule has 2 heterocycles. The largest absolute Gasteiger partial charge is 0.494 e. The van der Waals surface area contributed by atoms with Crippen LogP contribution in [-0.4, -0.2) is 35.6 Å².